The molecule has 0 amide bonds. The molecule has 0 bridgehead atoms. The second-order valence-electron chi connectivity index (χ2n) is 4.98. The molecular formula is C15H9F6NS. The number of aromatic amines is 1. The van der Waals surface area contributed by atoms with Crippen molar-refractivity contribution >= 4 is 33.6 Å². The molecule has 0 aliphatic rings. The van der Waals surface area contributed by atoms with Gasteiger partial charge in [0.2, 0.25) is 0 Å². The number of hydrogen-bond acceptors (Lipinski definition) is 1. The van der Waals surface area contributed by atoms with Gasteiger partial charge in [0, 0.05) is 26.7 Å². The van der Waals surface area contributed by atoms with Crippen LogP contribution in [0, 0.1) is 0 Å². The zero-order valence-corrected chi connectivity index (χ0v) is 12.4. The minimum atomic E-state index is -4.57. The molecule has 1 N–H and O–H groups in total. The number of halogens is 6. The van der Waals surface area contributed by atoms with E-state index in [0.717, 1.165) is 30.0 Å². The number of thioether (sulfide) groups is 1. The van der Waals surface area contributed by atoms with Gasteiger partial charge in [-0.3, -0.25) is 0 Å². The number of fused-ring (bicyclic) bond motifs is 3. The van der Waals surface area contributed by atoms with E-state index in [1.165, 1.54) is 18.4 Å². The lowest BCUT2D eigenvalue weighted by molar-refractivity contribution is -0.139. The van der Waals surface area contributed by atoms with Crippen LogP contribution in [0.25, 0.3) is 21.8 Å². The van der Waals surface area contributed by atoms with Crippen LogP contribution in [0.4, 0.5) is 26.3 Å². The Morgan fingerprint density at radius 1 is 0.826 bits per heavy atom. The molecule has 1 nitrogen and oxygen atoms in total. The highest BCUT2D eigenvalue weighted by atomic mass is 32.2. The summed E-state index contributed by atoms with van der Waals surface area (Å²) >= 11 is 0.934. The zero-order chi connectivity index (χ0) is 17.0. The molecule has 0 unspecified atom stereocenters. The molecule has 0 radical (unpaired) electrons. The lowest BCUT2D eigenvalue weighted by atomic mass is 10.1. The Labute approximate surface area is 130 Å². The summed E-state index contributed by atoms with van der Waals surface area (Å²) in [5, 5.41) is 0.240. The average Bonchev–Trinajstić information content (AvgIpc) is 2.80. The minimum absolute atomic E-state index is 0.0209. The second kappa shape index (κ2) is 5.09. The smallest absolute Gasteiger partial charge is 0.354 e. The van der Waals surface area contributed by atoms with Crippen molar-refractivity contribution in [2.45, 2.75) is 17.2 Å². The number of benzene rings is 2. The molecule has 3 rings (SSSR count). The summed E-state index contributed by atoms with van der Waals surface area (Å²) in [6.45, 7) is 0. The molecule has 0 aliphatic carbocycles. The Balaban J connectivity index is 2.36. The van der Waals surface area contributed by atoms with Gasteiger partial charge in [0.1, 0.15) is 0 Å². The zero-order valence-electron chi connectivity index (χ0n) is 11.6. The third-order valence-electron chi connectivity index (χ3n) is 3.55. The van der Waals surface area contributed by atoms with Crippen molar-refractivity contribution in [1.82, 2.24) is 4.98 Å². The lowest BCUT2D eigenvalue weighted by Gasteiger charge is -2.11. The van der Waals surface area contributed by atoms with Crippen LogP contribution in [0.1, 0.15) is 11.1 Å². The van der Waals surface area contributed by atoms with Crippen LogP contribution in [0.2, 0.25) is 0 Å². The molecule has 0 atom stereocenters. The molecule has 1 heterocycles. The fourth-order valence-corrected chi connectivity index (χ4v) is 3.12. The number of alkyl halides is 6. The molecule has 1 aromatic heterocycles. The molecule has 2 aromatic carbocycles. The number of aromatic nitrogens is 1. The molecule has 8 heteroatoms. The fourth-order valence-electron chi connectivity index (χ4n) is 2.49. The van der Waals surface area contributed by atoms with Crippen molar-refractivity contribution in [1.29, 1.82) is 0 Å². The van der Waals surface area contributed by atoms with Crippen molar-refractivity contribution in [3.05, 3.63) is 41.5 Å². The van der Waals surface area contributed by atoms with Crippen LogP contribution < -0.4 is 0 Å². The maximum Gasteiger partial charge on any atom is 0.417 e. The molecule has 122 valence electrons. The molecule has 0 aliphatic heterocycles. The van der Waals surface area contributed by atoms with E-state index in [-0.39, 0.29) is 15.7 Å². The van der Waals surface area contributed by atoms with Gasteiger partial charge < -0.3 is 4.98 Å². The van der Waals surface area contributed by atoms with Crippen LogP contribution in [0.3, 0.4) is 0 Å². The number of H-pyrrole nitrogens is 1. The monoisotopic (exact) mass is 349 g/mol. The lowest BCUT2D eigenvalue weighted by Crippen LogP contribution is -2.06. The average molecular weight is 349 g/mol. The van der Waals surface area contributed by atoms with E-state index in [4.69, 9.17) is 0 Å². The standard InChI is InChI=1S/C15H9F6NS/c1-23-13-6-12-9(5-10(13)15(19,20)21)8-4-7(14(16,17)18)2-3-11(8)22-12/h2-6,22H,1H3. The summed E-state index contributed by atoms with van der Waals surface area (Å²) in [6, 6.07) is 5.21. The maximum absolute atomic E-state index is 13.1. The largest absolute Gasteiger partial charge is 0.417 e. The first kappa shape index (κ1) is 16.0. The van der Waals surface area contributed by atoms with E-state index < -0.39 is 23.5 Å². The minimum Gasteiger partial charge on any atom is -0.354 e. The highest BCUT2D eigenvalue weighted by Gasteiger charge is 2.34. The Morgan fingerprint density at radius 3 is 2.04 bits per heavy atom. The molecule has 23 heavy (non-hydrogen) atoms. The van der Waals surface area contributed by atoms with E-state index in [0.29, 0.717) is 11.0 Å². The molecule has 0 saturated heterocycles. The van der Waals surface area contributed by atoms with Gasteiger partial charge in [-0.2, -0.15) is 26.3 Å². The Kier molecular flexibility index (Phi) is 3.55. The van der Waals surface area contributed by atoms with Crippen molar-refractivity contribution in [3.8, 4) is 0 Å². The number of hydrogen-bond donors (Lipinski definition) is 1. The van der Waals surface area contributed by atoms with Gasteiger partial charge in [-0.15, -0.1) is 11.8 Å². The van der Waals surface area contributed by atoms with Crippen LogP contribution >= 0.6 is 11.8 Å². The van der Waals surface area contributed by atoms with Gasteiger partial charge in [-0.05, 0) is 36.6 Å². The summed E-state index contributed by atoms with van der Waals surface area (Å²) in [7, 11) is 0. The van der Waals surface area contributed by atoms with Crippen molar-refractivity contribution in [2.75, 3.05) is 6.26 Å². The number of nitrogens with one attached hydrogen (secondary N) is 1. The van der Waals surface area contributed by atoms with Crippen LogP contribution in [-0.2, 0) is 12.4 Å². The highest BCUT2D eigenvalue weighted by molar-refractivity contribution is 7.98. The van der Waals surface area contributed by atoms with Gasteiger partial charge in [0.15, 0.2) is 0 Å². The van der Waals surface area contributed by atoms with Gasteiger partial charge in [0.05, 0.1) is 11.1 Å². The predicted octanol–water partition coefficient (Wildman–Crippen LogP) is 6.08. The first-order valence-electron chi connectivity index (χ1n) is 6.39. The Hall–Kier alpha value is -1.83. The van der Waals surface area contributed by atoms with Crippen LogP contribution in [-0.4, -0.2) is 11.2 Å². The Morgan fingerprint density at radius 2 is 1.48 bits per heavy atom. The molecule has 0 fully saturated rings. The Bertz CT molecular complexity index is 891. The van der Waals surface area contributed by atoms with Crippen molar-refractivity contribution in [3.63, 3.8) is 0 Å². The van der Waals surface area contributed by atoms with E-state index in [1.807, 2.05) is 0 Å². The van der Waals surface area contributed by atoms with Crippen LogP contribution in [0.15, 0.2) is 35.2 Å². The first-order valence-corrected chi connectivity index (χ1v) is 7.61. The molecule has 0 saturated carbocycles. The molecular weight excluding hydrogens is 340 g/mol. The third-order valence-corrected chi connectivity index (χ3v) is 4.33. The van der Waals surface area contributed by atoms with E-state index in [1.54, 1.807) is 0 Å². The van der Waals surface area contributed by atoms with E-state index in [9.17, 15) is 26.3 Å². The quantitative estimate of drug-likeness (QED) is 0.416. The van der Waals surface area contributed by atoms with E-state index in [2.05, 4.69) is 4.98 Å². The normalized spacial score (nSPS) is 13.2. The van der Waals surface area contributed by atoms with Gasteiger partial charge in [0.25, 0.3) is 0 Å². The van der Waals surface area contributed by atoms with Crippen molar-refractivity contribution in [2.24, 2.45) is 0 Å². The predicted molar refractivity (Wildman–Crippen MR) is 77.6 cm³/mol. The maximum atomic E-state index is 13.1. The summed E-state index contributed by atoms with van der Waals surface area (Å²) in [5.74, 6) is 0. The second-order valence-corrected chi connectivity index (χ2v) is 5.83. The molecule has 0 spiro atoms. The summed E-state index contributed by atoms with van der Waals surface area (Å²) in [6.07, 6.45) is -7.61. The fraction of sp³-hybridized carbons (Fsp3) is 0.200. The third kappa shape index (κ3) is 2.75. The summed E-state index contributed by atoms with van der Waals surface area (Å²) < 4.78 is 77.9. The van der Waals surface area contributed by atoms with Crippen molar-refractivity contribution < 1.29 is 26.3 Å². The van der Waals surface area contributed by atoms with Crippen LogP contribution in [0.5, 0.6) is 0 Å². The highest BCUT2D eigenvalue weighted by Crippen LogP contribution is 2.41. The first-order chi connectivity index (χ1) is 10.6. The number of rotatable bonds is 1. The summed E-state index contributed by atoms with van der Waals surface area (Å²) in [4.78, 5) is 2.88. The van der Waals surface area contributed by atoms with Gasteiger partial charge in [-0.25, -0.2) is 0 Å². The summed E-state index contributed by atoms with van der Waals surface area (Å²) in [5.41, 5.74) is -1.01. The SMILES string of the molecule is CSc1cc2[nH]c3ccc(C(F)(F)F)cc3c2cc1C(F)(F)F. The van der Waals surface area contributed by atoms with Gasteiger partial charge in [-0.1, -0.05) is 0 Å². The van der Waals surface area contributed by atoms with E-state index >= 15 is 0 Å². The topological polar surface area (TPSA) is 15.8 Å². The van der Waals surface area contributed by atoms with Gasteiger partial charge >= 0.3 is 12.4 Å². The molecule has 3 aromatic rings.